The van der Waals surface area contributed by atoms with E-state index in [4.69, 9.17) is 0 Å². The van der Waals surface area contributed by atoms with Crippen molar-refractivity contribution in [2.24, 2.45) is 0 Å². The maximum atomic E-state index is 11.5. The summed E-state index contributed by atoms with van der Waals surface area (Å²) < 4.78 is 23.1. The molecule has 0 aromatic rings. The second-order valence-electron chi connectivity index (χ2n) is 6.11. The first-order valence-corrected chi connectivity index (χ1v) is 8.79. The van der Waals surface area contributed by atoms with E-state index in [0.717, 1.165) is 25.8 Å². The van der Waals surface area contributed by atoms with E-state index in [1.165, 1.54) is 0 Å². The summed E-state index contributed by atoms with van der Waals surface area (Å²) in [5.41, 5.74) is -0.489. The summed E-state index contributed by atoms with van der Waals surface area (Å²) in [5.74, 6) is 0.489. The first-order chi connectivity index (χ1) is 8.84. The highest BCUT2D eigenvalue weighted by molar-refractivity contribution is 7.91. The lowest BCUT2D eigenvalue weighted by atomic mass is 9.99. The predicted octanol–water partition coefficient (Wildman–Crippen LogP) is 0.530. The van der Waals surface area contributed by atoms with E-state index in [1.807, 2.05) is 13.8 Å². The summed E-state index contributed by atoms with van der Waals surface area (Å²) in [4.78, 5) is 2.19. The molecule has 2 unspecified atom stereocenters. The molecule has 1 aliphatic heterocycles. The van der Waals surface area contributed by atoms with E-state index in [2.05, 4.69) is 16.3 Å². The SMILES string of the molecule is CC1CS(=O)(=O)CCN1CCC(C)(C#N)NC1CC1. The Bertz CT molecular complexity index is 467. The van der Waals surface area contributed by atoms with Crippen LogP contribution in [0.2, 0.25) is 0 Å². The van der Waals surface area contributed by atoms with Crippen LogP contribution in [0.3, 0.4) is 0 Å². The standard InChI is InChI=1S/C13H23N3O2S/c1-11-9-19(17,18)8-7-16(11)6-5-13(2,10-14)15-12-3-4-12/h11-12,15H,3-9H2,1-2H3. The van der Waals surface area contributed by atoms with Crippen molar-refractivity contribution in [2.75, 3.05) is 24.6 Å². The smallest absolute Gasteiger partial charge is 0.153 e. The van der Waals surface area contributed by atoms with Crippen LogP contribution in [0.1, 0.15) is 33.1 Å². The monoisotopic (exact) mass is 285 g/mol. The normalized spacial score (nSPS) is 30.5. The summed E-state index contributed by atoms with van der Waals surface area (Å²) in [6.07, 6.45) is 3.07. The highest BCUT2D eigenvalue weighted by atomic mass is 32.2. The zero-order valence-corrected chi connectivity index (χ0v) is 12.5. The zero-order chi connectivity index (χ0) is 14.1. The maximum Gasteiger partial charge on any atom is 0.153 e. The van der Waals surface area contributed by atoms with Crippen LogP contribution in [-0.2, 0) is 9.84 Å². The number of nitrogens with one attached hydrogen (secondary N) is 1. The molecule has 2 atom stereocenters. The third-order valence-electron chi connectivity index (χ3n) is 4.05. The molecule has 0 spiro atoms. The lowest BCUT2D eigenvalue weighted by Gasteiger charge is -2.35. The van der Waals surface area contributed by atoms with Gasteiger partial charge in [-0.25, -0.2) is 8.42 Å². The average molecular weight is 285 g/mol. The number of rotatable bonds is 5. The lowest BCUT2D eigenvalue weighted by molar-refractivity contribution is 0.205. The quantitative estimate of drug-likeness (QED) is 0.797. The lowest BCUT2D eigenvalue weighted by Crippen LogP contribution is -2.50. The molecule has 1 saturated carbocycles. The van der Waals surface area contributed by atoms with E-state index in [9.17, 15) is 13.7 Å². The van der Waals surface area contributed by atoms with Crippen molar-refractivity contribution < 1.29 is 8.42 Å². The van der Waals surface area contributed by atoms with Crippen molar-refractivity contribution in [2.45, 2.75) is 50.7 Å². The van der Waals surface area contributed by atoms with Gasteiger partial charge in [-0.05, 0) is 33.1 Å². The Morgan fingerprint density at radius 2 is 2.16 bits per heavy atom. The molecule has 0 radical (unpaired) electrons. The van der Waals surface area contributed by atoms with E-state index >= 15 is 0 Å². The van der Waals surface area contributed by atoms with Crippen LogP contribution in [0.4, 0.5) is 0 Å². The Morgan fingerprint density at radius 1 is 1.47 bits per heavy atom. The van der Waals surface area contributed by atoms with Gasteiger partial charge in [0, 0.05) is 25.2 Å². The molecule has 1 N–H and O–H groups in total. The average Bonchev–Trinajstić information content (AvgIpc) is 3.11. The molecule has 1 saturated heterocycles. The predicted molar refractivity (Wildman–Crippen MR) is 74.5 cm³/mol. The minimum absolute atomic E-state index is 0.0580. The van der Waals surface area contributed by atoms with E-state index < -0.39 is 15.4 Å². The van der Waals surface area contributed by atoms with Gasteiger partial charge in [0.05, 0.1) is 17.6 Å². The summed E-state index contributed by atoms with van der Waals surface area (Å²) in [5, 5.41) is 12.7. The maximum absolute atomic E-state index is 11.5. The summed E-state index contributed by atoms with van der Waals surface area (Å²) in [6.45, 7) is 5.26. The van der Waals surface area contributed by atoms with Crippen molar-refractivity contribution in [3.8, 4) is 6.07 Å². The van der Waals surface area contributed by atoms with Gasteiger partial charge in [0.2, 0.25) is 0 Å². The van der Waals surface area contributed by atoms with Gasteiger partial charge in [0.15, 0.2) is 9.84 Å². The second-order valence-corrected chi connectivity index (χ2v) is 8.34. The molecule has 2 rings (SSSR count). The van der Waals surface area contributed by atoms with Crippen LogP contribution in [0.25, 0.3) is 0 Å². The third-order valence-corrected chi connectivity index (χ3v) is 5.85. The van der Waals surface area contributed by atoms with Gasteiger partial charge in [-0.15, -0.1) is 0 Å². The van der Waals surface area contributed by atoms with Crippen LogP contribution in [0.5, 0.6) is 0 Å². The largest absolute Gasteiger partial charge is 0.299 e. The number of nitriles is 1. The molecule has 6 heteroatoms. The van der Waals surface area contributed by atoms with Gasteiger partial charge in [-0.2, -0.15) is 5.26 Å². The van der Waals surface area contributed by atoms with Crippen LogP contribution in [-0.4, -0.2) is 55.5 Å². The third kappa shape index (κ3) is 4.16. The first kappa shape index (κ1) is 14.8. The summed E-state index contributed by atoms with van der Waals surface area (Å²) >= 11 is 0. The van der Waals surface area contributed by atoms with Crippen molar-refractivity contribution in [3.63, 3.8) is 0 Å². The number of hydrogen-bond donors (Lipinski definition) is 1. The fourth-order valence-electron chi connectivity index (χ4n) is 2.57. The van der Waals surface area contributed by atoms with Crippen LogP contribution in [0, 0.1) is 11.3 Å². The van der Waals surface area contributed by atoms with Crippen molar-refractivity contribution >= 4 is 9.84 Å². The van der Waals surface area contributed by atoms with Gasteiger partial charge >= 0.3 is 0 Å². The molecular weight excluding hydrogens is 262 g/mol. The number of nitrogens with zero attached hydrogens (tertiary/aromatic N) is 2. The van der Waals surface area contributed by atoms with E-state index in [1.54, 1.807) is 0 Å². The van der Waals surface area contributed by atoms with Crippen molar-refractivity contribution in [3.05, 3.63) is 0 Å². The Labute approximate surface area is 115 Å². The van der Waals surface area contributed by atoms with Gasteiger partial charge in [-0.3, -0.25) is 10.2 Å². The van der Waals surface area contributed by atoms with Crippen LogP contribution < -0.4 is 5.32 Å². The molecule has 0 aromatic carbocycles. The zero-order valence-electron chi connectivity index (χ0n) is 11.7. The van der Waals surface area contributed by atoms with Crippen LogP contribution in [0.15, 0.2) is 0 Å². The van der Waals surface area contributed by atoms with Crippen molar-refractivity contribution in [1.29, 1.82) is 5.26 Å². The molecule has 1 heterocycles. The van der Waals surface area contributed by atoms with Gasteiger partial charge < -0.3 is 0 Å². The fourth-order valence-corrected chi connectivity index (χ4v) is 4.20. The molecule has 1 aliphatic carbocycles. The fraction of sp³-hybridized carbons (Fsp3) is 0.923. The van der Waals surface area contributed by atoms with Crippen LogP contribution >= 0.6 is 0 Å². The molecule has 2 fully saturated rings. The van der Waals surface area contributed by atoms with E-state index in [-0.39, 0.29) is 17.5 Å². The Kier molecular flexibility index (Phi) is 4.19. The molecule has 19 heavy (non-hydrogen) atoms. The molecule has 2 aliphatic rings. The second kappa shape index (κ2) is 5.39. The molecule has 0 aromatic heterocycles. The number of sulfone groups is 1. The van der Waals surface area contributed by atoms with Gasteiger partial charge in [0.25, 0.3) is 0 Å². The minimum atomic E-state index is -2.86. The number of hydrogen-bond acceptors (Lipinski definition) is 5. The van der Waals surface area contributed by atoms with Gasteiger partial charge in [-0.1, -0.05) is 0 Å². The minimum Gasteiger partial charge on any atom is -0.299 e. The summed E-state index contributed by atoms with van der Waals surface area (Å²) in [6, 6.07) is 2.93. The molecular formula is C13H23N3O2S. The highest BCUT2D eigenvalue weighted by Gasteiger charge is 2.34. The van der Waals surface area contributed by atoms with E-state index in [0.29, 0.717) is 12.6 Å². The first-order valence-electron chi connectivity index (χ1n) is 6.97. The summed E-state index contributed by atoms with van der Waals surface area (Å²) in [7, 11) is -2.86. The molecule has 0 bridgehead atoms. The highest BCUT2D eigenvalue weighted by Crippen LogP contribution is 2.24. The topological polar surface area (TPSA) is 73.2 Å². The Morgan fingerprint density at radius 3 is 2.68 bits per heavy atom. The van der Waals surface area contributed by atoms with Crippen molar-refractivity contribution in [1.82, 2.24) is 10.2 Å². The Balaban J connectivity index is 1.85. The Hall–Kier alpha value is -0.640. The molecule has 5 nitrogen and oxygen atoms in total. The van der Waals surface area contributed by atoms with Gasteiger partial charge in [0.1, 0.15) is 5.54 Å². The molecule has 108 valence electrons. The molecule has 0 amide bonds.